The second kappa shape index (κ2) is 8.93. The number of nitrogens with zero attached hydrogens (tertiary/aromatic N) is 2. The molecule has 1 unspecified atom stereocenters. The molecule has 1 atom stereocenters. The third-order valence-electron chi connectivity index (χ3n) is 11.2. The summed E-state index contributed by atoms with van der Waals surface area (Å²) in [6.45, 7) is 2.60. The van der Waals surface area contributed by atoms with Crippen molar-refractivity contribution in [1.82, 2.24) is 9.13 Å². The molecule has 2 nitrogen and oxygen atoms in total. The fourth-order valence-corrected chi connectivity index (χ4v) is 9.41. The minimum Gasteiger partial charge on any atom is -0.310 e. The van der Waals surface area contributed by atoms with Crippen LogP contribution in [0, 0.1) is 0 Å². The summed E-state index contributed by atoms with van der Waals surface area (Å²) in [4.78, 5) is 0. The summed E-state index contributed by atoms with van der Waals surface area (Å²) < 4.78 is 5.01. The van der Waals surface area contributed by atoms with E-state index in [4.69, 9.17) is 0 Å². The van der Waals surface area contributed by atoms with Crippen LogP contribution >= 0.6 is 0 Å². The lowest BCUT2D eigenvalue weighted by atomic mass is 9.30. The second-order valence-corrected chi connectivity index (χ2v) is 13.4. The molecule has 0 saturated carbocycles. The van der Waals surface area contributed by atoms with E-state index in [1.807, 2.05) is 0 Å². The predicted molar refractivity (Wildman–Crippen MR) is 198 cm³/mol. The number of rotatable bonds is 2. The molecule has 47 heavy (non-hydrogen) atoms. The number of hydrogen-bond donors (Lipinski definition) is 0. The first-order chi connectivity index (χ1) is 23.2. The number of benzene rings is 7. The third-order valence-corrected chi connectivity index (χ3v) is 11.2. The highest BCUT2D eigenvalue weighted by Crippen LogP contribution is 2.47. The summed E-state index contributed by atoms with van der Waals surface area (Å²) in [6.07, 6.45) is 0. The zero-order valence-electron chi connectivity index (χ0n) is 26.0. The topological polar surface area (TPSA) is 9.86 Å². The summed E-state index contributed by atoms with van der Waals surface area (Å²) in [5, 5.41) is 5.29. The van der Waals surface area contributed by atoms with Crippen molar-refractivity contribution in [3.8, 4) is 11.4 Å². The van der Waals surface area contributed by atoms with Gasteiger partial charge in [0.1, 0.15) is 0 Å². The number of aromatic nitrogens is 2. The van der Waals surface area contributed by atoms with Crippen molar-refractivity contribution in [3.63, 3.8) is 0 Å². The highest BCUT2D eigenvalue weighted by Gasteiger charge is 2.48. The Morgan fingerprint density at radius 3 is 1.96 bits per heavy atom. The Balaban J connectivity index is 1.37. The van der Waals surface area contributed by atoms with Gasteiger partial charge in [-0.2, -0.15) is 0 Å². The van der Waals surface area contributed by atoms with E-state index in [0.717, 1.165) is 0 Å². The molecule has 0 radical (unpaired) electrons. The number of hydrogen-bond acceptors (Lipinski definition) is 0. The molecule has 2 aliphatic heterocycles. The monoisotopic (exact) mass is 596 g/mol. The lowest BCUT2D eigenvalue weighted by Crippen LogP contribution is -2.64. The van der Waals surface area contributed by atoms with Crippen LogP contribution in [0.4, 0.5) is 0 Å². The van der Waals surface area contributed by atoms with Gasteiger partial charge in [0.25, 0.3) is 0 Å². The first-order valence-electron chi connectivity index (χ1n) is 16.6. The standard InChI is InChI=1S/C44H29BN2/c1-44(28-14-4-2-5-15-28)33-21-13-25-39-42(33)45(35-22-12-20-31-30-18-8-10-23-36(30)47(39)43(31)35)34-26-27-38-40(41(34)44)32-19-9-11-24-37(32)46(38)29-16-6-3-7-17-29/h2-27H,1H3. The van der Waals surface area contributed by atoms with Crippen molar-refractivity contribution >= 4 is 66.7 Å². The Bertz CT molecular complexity index is 2750. The predicted octanol–water partition coefficient (Wildman–Crippen LogP) is 8.38. The van der Waals surface area contributed by atoms with Crippen LogP contribution in [0.1, 0.15) is 23.6 Å². The van der Waals surface area contributed by atoms with Crippen LogP contribution in [-0.2, 0) is 5.41 Å². The minimum atomic E-state index is -0.391. The molecule has 0 amide bonds. The van der Waals surface area contributed by atoms with Gasteiger partial charge >= 0.3 is 0 Å². The van der Waals surface area contributed by atoms with Crippen molar-refractivity contribution in [2.45, 2.75) is 12.3 Å². The molecule has 0 aliphatic carbocycles. The molecule has 7 aromatic carbocycles. The molecule has 11 rings (SSSR count). The smallest absolute Gasteiger partial charge is 0.247 e. The zero-order valence-corrected chi connectivity index (χ0v) is 26.0. The van der Waals surface area contributed by atoms with E-state index in [2.05, 4.69) is 174 Å². The summed E-state index contributed by atoms with van der Waals surface area (Å²) in [6, 6.07) is 58.8. The summed E-state index contributed by atoms with van der Waals surface area (Å²) in [5.41, 5.74) is 15.6. The van der Waals surface area contributed by atoms with Gasteiger partial charge in [0, 0.05) is 43.9 Å². The summed E-state index contributed by atoms with van der Waals surface area (Å²) in [7, 11) is 0. The molecule has 9 aromatic rings. The summed E-state index contributed by atoms with van der Waals surface area (Å²) >= 11 is 0. The quantitative estimate of drug-likeness (QED) is 0.178. The molecule has 0 bridgehead atoms. The lowest BCUT2D eigenvalue weighted by Gasteiger charge is -2.44. The van der Waals surface area contributed by atoms with E-state index >= 15 is 0 Å². The van der Waals surface area contributed by atoms with Crippen molar-refractivity contribution in [1.29, 1.82) is 0 Å². The Labute approximate surface area is 273 Å². The van der Waals surface area contributed by atoms with E-state index in [1.165, 1.54) is 88.1 Å². The van der Waals surface area contributed by atoms with Gasteiger partial charge in [0.2, 0.25) is 6.71 Å². The van der Waals surface area contributed by atoms with Gasteiger partial charge in [-0.1, -0.05) is 127 Å². The molecule has 2 aromatic heterocycles. The van der Waals surface area contributed by atoms with Crippen molar-refractivity contribution in [2.75, 3.05) is 0 Å². The van der Waals surface area contributed by atoms with Gasteiger partial charge in [0.15, 0.2) is 0 Å². The van der Waals surface area contributed by atoms with Gasteiger partial charge in [0.05, 0.1) is 16.6 Å². The number of fused-ring (bicyclic) bond motifs is 11. The van der Waals surface area contributed by atoms with Gasteiger partial charge < -0.3 is 9.13 Å². The Hall–Kier alpha value is -5.80. The van der Waals surface area contributed by atoms with Crippen LogP contribution in [0.3, 0.4) is 0 Å². The van der Waals surface area contributed by atoms with Crippen molar-refractivity contribution in [2.24, 2.45) is 0 Å². The average Bonchev–Trinajstić information content (AvgIpc) is 3.66. The van der Waals surface area contributed by atoms with Gasteiger partial charge in [-0.3, -0.25) is 0 Å². The normalized spacial score (nSPS) is 16.2. The van der Waals surface area contributed by atoms with Crippen LogP contribution in [0.15, 0.2) is 158 Å². The molecule has 0 saturated heterocycles. The van der Waals surface area contributed by atoms with E-state index in [-0.39, 0.29) is 6.71 Å². The lowest BCUT2D eigenvalue weighted by molar-refractivity contribution is 0.704. The molecule has 4 heterocycles. The van der Waals surface area contributed by atoms with E-state index in [0.29, 0.717) is 0 Å². The fraction of sp³-hybridized carbons (Fsp3) is 0.0455. The molecular formula is C44H29BN2. The maximum atomic E-state index is 2.55. The Morgan fingerprint density at radius 1 is 0.489 bits per heavy atom. The second-order valence-electron chi connectivity index (χ2n) is 13.4. The van der Waals surface area contributed by atoms with E-state index in [9.17, 15) is 0 Å². The van der Waals surface area contributed by atoms with Crippen LogP contribution in [0.2, 0.25) is 0 Å². The van der Waals surface area contributed by atoms with Gasteiger partial charge in [-0.05, 0) is 70.9 Å². The molecule has 3 heteroatoms. The van der Waals surface area contributed by atoms with Gasteiger partial charge in [-0.25, -0.2) is 0 Å². The van der Waals surface area contributed by atoms with Crippen LogP contribution in [-0.4, -0.2) is 15.8 Å². The molecular weight excluding hydrogens is 567 g/mol. The molecule has 0 spiro atoms. The largest absolute Gasteiger partial charge is 0.310 e. The SMILES string of the molecule is CC1(c2ccccc2)c2cccc3c2B(c2ccc4c(c21)c1ccccc1n4-c1ccccc1)c1cccc2c4ccccc4n-3c12. The fourth-order valence-electron chi connectivity index (χ4n) is 9.41. The Kier molecular flexibility index (Phi) is 4.82. The summed E-state index contributed by atoms with van der Waals surface area (Å²) in [5.74, 6) is 0. The van der Waals surface area contributed by atoms with Crippen LogP contribution in [0.5, 0.6) is 0 Å². The molecule has 2 aliphatic rings. The zero-order chi connectivity index (χ0) is 30.9. The van der Waals surface area contributed by atoms with E-state index in [1.54, 1.807) is 0 Å². The van der Waals surface area contributed by atoms with Crippen LogP contribution in [0.25, 0.3) is 55.0 Å². The number of para-hydroxylation sites is 4. The molecule has 0 fully saturated rings. The first-order valence-corrected chi connectivity index (χ1v) is 16.6. The maximum Gasteiger partial charge on any atom is 0.247 e. The average molecular weight is 597 g/mol. The molecule has 0 N–H and O–H groups in total. The highest BCUT2D eigenvalue weighted by atomic mass is 15.0. The van der Waals surface area contributed by atoms with Crippen molar-refractivity contribution in [3.05, 3.63) is 174 Å². The van der Waals surface area contributed by atoms with Crippen molar-refractivity contribution < 1.29 is 0 Å². The third kappa shape index (κ3) is 3.03. The van der Waals surface area contributed by atoms with Crippen LogP contribution < -0.4 is 16.4 Å². The van der Waals surface area contributed by atoms with E-state index < -0.39 is 5.41 Å². The highest BCUT2D eigenvalue weighted by molar-refractivity contribution is 6.99. The molecule has 218 valence electrons. The van der Waals surface area contributed by atoms with Gasteiger partial charge in [-0.15, -0.1) is 0 Å². The minimum absolute atomic E-state index is 0.122. The first kappa shape index (κ1) is 25.4. The Morgan fingerprint density at radius 2 is 1.15 bits per heavy atom. The maximum absolute atomic E-state index is 2.55.